The molecule has 0 heterocycles. The number of nitrogens with two attached hydrogens (primary N) is 1. The van der Waals surface area contributed by atoms with E-state index in [-0.39, 0.29) is 23.1 Å². The lowest BCUT2D eigenvalue weighted by molar-refractivity contribution is 0.0373. The van der Waals surface area contributed by atoms with Crippen molar-refractivity contribution in [1.82, 2.24) is 0 Å². The van der Waals surface area contributed by atoms with Crippen LogP contribution in [0.1, 0.15) is 24.2 Å². The fourth-order valence-electron chi connectivity index (χ4n) is 1.23. The number of methoxy groups -OCH3 is 1. The smallest absolute Gasteiger partial charge is 0.343 e. The first kappa shape index (κ1) is 12.3. The van der Waals surface area contributed by atoms with Crippen molar-refractivity contribution >= 4 is 11.7 Å². The molecule has 2 N–H and O–H groups in total. The number of carbonyl (C=O) groups excluding carboxylic acids is 1. The highest BCUT2D eigenvalue weighted by molar-refractivity contribution is 5.97. The van der Waals surface area contributed by atoms with Gasteiger partial charge in [-0.3, -0.25) is 0 Å². The number of benzene rings is 1. The summed E-state index contributed by atoms with van der Waals surface area (Å²) in [6, 6.07) is 2.48. The van der Waals surface area contributed by atoms with Gasteiger partial charge in [0.2, 0.25) is 0 Å². The summed E-state index contributed by atoms with van der Waals surface area (Å²) >= 11 is 0. The molecule has 5 heteroatoms. The molecule has 0 radical (unpaired) electrons. The molecule has 0 bridgehead atoms. The van der Waals surface area contributed by atoms with Gasteiger partial charge < -0.3 is 15.2 Å². The second kappa shape index (κ2) is 4.83. The third-order valence-corrected chi connectivity index (χ3v) is 1.92. The van der Waals surface area contributed by atoms with Crippen LogP contribution in [0.15, 0.2) is 12.1 Å². The molecule has 0 aromatic heterocycles. The molecule has 1 rings (SSSR count). The summed E-state index contributed by atoms with van der Waals surface area (Å²) in [7, 11) is 1.39. The first-order valence-electron chi connectivity index (χ1n) is 4.80. The van der Waals surface area contributed by atoms with Gasteiger partial charge >= 0.3 is 5.97 Å². The largest absolute Gasteiger partial charge is 0.495 e. The van der Waals surface area contributed by atoms with Gasteiger partial charge in [0.1, 0.15) is 17.1 Å². The van der Waals surface area contributed by atoms with Crippen LogP contribution < -0.4 is 10.5 Å². The van der Waals surface area contributed by atoms with E-state index < -0.39 is 11.8 Å². The van der Waals surface area contributed by atoms with Crippen molar-refractivity contribution in [3.05, 3.63) is 23.5 Å². The van der Waals surface area contributed by atoms with E-state index in [9.17, 15) is 9.18 Å². The summed E-state index contributed by atoms with van der Waals surface area (Å²) in [4.78, 5) is 11.6. The van der Waals surface area contributed by atoms with Crippen LogP contribution >= 0.6 is 0 Å². The van der Waals surface area contributed by atoms with Crippen LogP contribution in [0.25, 0.3) is 0 Å². The lowest BCUT2D eigenvalue weighted by Crippen LogP contribution is -2.15. The predicted octanol–water partition coefficient (Wildman–Crippen LogP) is 1.98. The molecule has 0 spiro atoms. The van der Waals surface area contributed by atoms with Crippen molar-refractivity contribution in [2.24, 2.45) is 0 Å². The van der Waals surface area contributed by atoms with Crippen molar-refractivity contribution in [2.45, 2.75) is 20.0 Å². The molecular formula is C11H14FNO3. The summed E-state index contributed by atoms with van der Waals surface area (Å²) in [6.07, 6.45) is -0.336. The lowest BCUT2D eigenvalue weighted by Gasteiger charge is -2.12. The molecule has 0 amide bonds. The molecule has 0 atom stereocenters. The number of carbonyl (C=O) groups is 1. The van der Waals surface area contributed by atoms with Gasteiger partial charge in [0.15, 0.2) is 0 Å². The Bertz CT molecular complexity index is 404. The van der Waals surface area contributed by atoms with E-state index in [1.165, 1.54) is 13.2 Å². The average Bonchev–Trinajstić information content (AvgIpc) is 2.16. The zero-order chi connectivity index (χ0) is 12.3. The Labute approximate surface area is 93.2 Å². The Hall–Kier alpha value is -1.78. The number of hydrogen-bond acceptors (Lipinski definition) is 4. The standard InChI is InChI=1S/C11H14FNO3/c1-6(2)16-11(14)9-7(12)4-5-8(15-3)10(9)13/h4-6H,13H2,1-3H3. The van der Waals surface area contributed by atoms with Crippen LogP contribution in [0, 0.1) is 5.82 Å². The number of rotatable bonds is 3. The highest BCUT2D eigenvalue weighted by Crippen LogP contribution is 2.28. The molecule has 0 saturated heterocycles. The van der Waals surface area contributed by atoms with Crippen molar-refractivity contribution in [3.63, 3.8) is 0 Å². The summed E-state index contributed by atoms with van der Waals surface area (Å²) in [5, 5.41) is 0. The second-order valence-electron chi connectivity index (χ2n) is 3.49. The molecule has 4 nitrogen and oxygen atoms in total. The van der Waals surface area contributed by atoms with Gasteiger partial charge in [-0.1, -0.05) is 0 Å². The van der Waals surface area contributed by atoms with Gasteiger partial charge in [-0.05, 0) is 26.0 Å². The topological polar surface area (TPSA) is 61.5 Å². The zero-order valence-electron chi connectivity index (χ0n) is 9.41. The highest BCUT2D eigenvalue weighted by Gasteiger charge is 2.20. The van der Waals surface area contributed by atoms with E-state index in [1.807, 2.05) is 0 Å². The molecule has 0 unspecified atom stereocenters. The molecule has 0 saturated carbocycles. The van der Waals surface area contributed by atoms with E-state index in [4.69, 9.17) is 15.2 Å². The predicted molar refractivity (Wildman–Crippen MR) is 57.9 cm³/mol. The molecule has 88 valence electrons. The molecule has 0 aliphatic heterocycles. The summed E-state index contributed by atoms with van der Waals surface area (Å²) < 4.78 is 23.2. The quantitative estimate of drug-likeness (QED) is 0.633. The van der Waals surface area contributed by atoms with E-state index in [0.29, 0.717) is 0 Å². The molecule has 0 fully saturated rings. The Morgan fingerprint density at radius 3 is 2.56 bits per heavy atom. The molecule has 1 aromatic rings. The van der Waals surface area contributed by atoms with Crippen molar-refractivity contribution in [3.8, 4) is 5.75 Å². The minimum absolute atomic E-state index is 0.0480. The van der Waals surface area contributed by atoms with Crippen LogP contribution in [0.4, 0.5) is 10.1 Å². The van der Waals surface area contributed by atoms with Gasteiger partial charge in [-0.2, -0.15) is 0 Å². The highest BCUT2D eigenvalue weighted by atomic mass is 19.1. The van der Waals surface area contributed by atoms with E-state index in [1.54, 1.807) is 13.8 Å². The normalized spacial score (nSPS) is 10.3. The maximum Gasteiger partial charge on any atom is 0.343 e. The third kappa shape index (κ3) is 2.42. The van der Waals surface area contributed by atoms with Gasteiger partial charge in [0.25, 0.3) is 0 Å². The average molecular weight is 227 g/mol. The number of hydrogen-bond donors (Lipinski definition) is 1. The van der Waals surface area contributed by atoms with Crippen molar-refractivity contribution in [1.29, 1.82) is 0 Å². The van der Waals surface area contributed by atoms with Crippen molar-refractivity contribution in [2.75, 3.05) is 12.8 Å². The van der Waals surface area contributed by atoms with E-state index in [0.717, 1.165) is 6.07 Å². The van der Waals surface area contributed by atoms with Crippen LogP contribution in [-0.4, -0.2) is 19.2 Å². The molecule has 0 aliphatic carbocycles. The Balaban J connectivity index is 3.16. The SMILES string of the molecule is COc1ccc(F)c(C(=O)OC(C)C)c1N. The van der Waals surface area contributed by atoms with Gasteiger partial charge in [-0.25, -0.2) is 9.18 Å². The molecule has 1 aromatic carbocycles. The fraction of sp³-hybridized carbons (Fsp3) is 0.364. The molecular weight excluding hydrogens is 213 g/mol. The van der Waals surface area contributed by atoms with Crippen LogP contribution in [0.2, 0.25) is 0 Å². The van der Waals surface area contributed by atoms with Gasteiger partial charge in [-0.15, -0.1) is 0 Å². The number of esters is 1. The minimum atomic E-state index is -0.788. The first-order chi connectivity index (χ1) is 7.47. The van der Waals surface area contributed by atoms with Crippen LogP contribution in [0.5, 0.6) is 5.75 Å². The maximum atomic E-state index is 13.4. The second-order valence-corrected chi connectivity index (χ2v) is 3.49. The summed E-state index contributed by atoms with van der Waals surface area (Å²) in [6.45, 7) is 3.35. The van der Waals surface area contributed by atoms with Crippen LogP contribution in [-0.2, 0) is 4.74 Å². The number of halogens is 1. The van der Waals surface area contributed by atoms with E-state index in [2.05, 4.69) is 0 Å². The number of ether oxygens (including phenoxy) is 2. The number of nitrogen functional groups attached to an aromatic ring is 1. The third-order valence-electron chi connectivity index (χ3n) is 1.92. The Morgan fingerprint density at radius 2 is 2.06 bits per heavy atom. The van der Waals surface area contributed by atoms with E-state index >= 15 is 0 Å². The lowest BCUT2D eigenvalue weighted by atomic mass is 10.1. The zero-order valence-corrected chi connectivity index (χ0v) is 9.41. The Morgan fingerprint density at radius 1 is 1.44 bits per heavy atom. The minimum Gasteiger partial charge on any atom is -0.495 e. The van der Waals surface area contributed by atoms with Crippen molar-refractivity contribution < 1.29 is 18.7 Å². The summed E-state index contributed by atoms with van der Waals surface area (Å²) in [5.74, 6) is -1.26. The fourth-order valence-corrected chi connectivity index (χ4v) is 1.23. The maximum absolute atomic E-state index is 13.4. The molecule has 16 heavy (non-hydrogen) atoms. The first-order valence-corrected chi connectivity index (χ1v) is 4.80. The summed E-state index contributed by atoms with van der Waals surface area (Å²) in [5.41, 5.74) is 5.27. The Kier molecular flexibility index (Phi) is 3.71. The molecule has 0 aliphatic rings. The van der Waals surface area contributed by atoms with Crippen LogP contribution in [0.3, 0.4) is 0 Å². The monoisotopic (exact) mass is 227 g/mol. The van der Waals surface area contributed by atoms with Gasteiger partial charge in [0, 0.05) is 0 Å². The number of anilines is 1. The van der Waals surface area contributed by atoms with Gasteiger partial charge in [0.05, 0.1) is 18.9 Å².